The van der Waals surface area contributed by atoms with Gasteiger partial charge in [-0.1, -0.05) is 96.1 Å². The van der Waals surface area contributed by atoms with Gasteiger partial charge in [0, 0.05) is 6.08 Å². The lowest BCUT2D eigenvalue weighted by Crippen LogP contribution is -2.01. The van der Waals surface area contributed by atoms with Crippen molar-refractivity contribution in [3.63, 3.8) is 0 Å². The molecule has 0 aromatic carbocycles. The second kappa shape index (κ2) is 17.2. The fourth-order valence-corrected chi connectivity index (χ4v) is 2.80. The molecule has 144 valence electrons. The van der Waals surface area contributed by atoms with E-state index in [1.807, 2.05) is 0 Å². The Labute approximate surface area is 153 Å². The maximum atomic E-state index is 10.8. The quantitative estimate of drug-likeness (QED) is 0.188. The molecule has 0 amide bonds. The van der Waals surface area contributed by atoms with Crippen LogP contribution in [0, 0.1) is 0 Å². The summed E-state index contributed by atoms with van der Waals surface area (Å²) in [6, 6.07) is 0. The van der Waals surface area contributed by atoms with Crippen LogP contribution in [-0.4, -0.2) is 22.2 Å². The smallest absolute Gasteiger partial charge is 0.335 e. The topological polar surface area (TPSA) is 74.6 Å². The van der Waals surface area contributed by atoms with Crippen LogP contribution in [0.2, 0.25) is 0 Å². The third-order valence-corrected chi connectivity index (χ3v) is 4.30. The van der Waals surface area contributed by atoms with Gasteiger partial charge in [0.2, 0.25) is 0 Å². The highest BCUT2D eigenvalue weighted by Gasteiger charge is 2.04. The van der Waals surface area contributed by atoms with Gasteiger partial charge in [-0.3, -0.25) is 0 Å². The van der Waals surface area contributed by atoms with Gasteiger partial charge in [0.15, 0.2) is 0 Å². The van der Waals surface area contributed by atoms with Crippen molar-refractivity contribution in [2.45, 2.75) is 96.8 Å². The van der Waals surface area contributed by atoms with E-state index in [4.69, 9.17) is 10.2 Å². The molecule has 0 aromatic rings. The largest absolute Gasteiger partial charge is 0.478 e. The lowest BCUT2D eigenvalue weighted by molar-refractivity contribution is -0.134. The molecule has 0 spiro atoms. The van der Waals surface area contributed by atoms with Crippen LogP contribution in [-0.2, 0) is 9.59 Å². The zero-order valence-electron chi connectivity index (χ0n) is 15.8. The molecule has 0 aromatic heterocycles. The summed E-state index contributed by atoms with van der Waals surface area (Å²) in [7, 11) is 0. The van der Waals surface area contributed by atoms with Gasteiger partial charge in [0.05, 0.1) is 5.57 Å². The minimum atomic E-state index is -1.23. The second-order valence-electron chi connectivity index (χ2n) is 6.68. The van der Waals surface area contributed by atoms with Gasteiger partial charge in [-0.05, 0) is 12.8 Å². The van der Waals surface area contributed by atoms with E-state index in [0.717, 1.165) is 25.3 Å². The third kappa shape index (κ3) is 17.0. The van der Waals surface area contributed by atoms with E-state index in [1.165, 1.54) is 76.7 Å². The molecule has 0 aliphatic heterocycles. The predicted octanol–water partition coefficient (Wildman–Crippen LogP) is 6.12. The van der Waals surface area contributed by atoms with E-state index >= 15 is 0 Å². The van der Waals surface area contributed by atoms with Crippen molar-refractivity contribution in [1.29, 1.82) is 0 Å². The van der Waals surface area contributed by atoms with Gasteiger partial charge in [-0.25, -0.2) is 9.59 Å². The number of carbonyl (C=O) groups is 2. The van der Waals surface area contributed by atoms with Crippen molar-refractivity contribution in [2.24, 2.45) is 0 Å². The van der Waals surface area contributed by atoms with Gasteiger partial charge >= 0.3 is 11.9 Å². The van der Waals surface area contributed by atoms with Crippen molar-refractivity contribution in [3.8, 4) is 0 Å². The molecule has 0 heterocycles. The highest BCUT2D eigenvalue weighted by molar-refractivity contribution is 5.96. The summed E-state index contributed by atoms with van der Waals surface area (Å²) in [6.07, 6.45) is 21.6. The summed E-state index contributed by atoms with van der Waals surface area (Å²) in [6.45, 7) is 2.25. The summed E-state index contributed by atoms with van der Waals surface area (Å²) < 4.78 is 0. The van der Waals surface area contributed by atoms with Crippen LogP contribution in [0.3, 0.4) is 0 Å². The Morgan fingerprint density at radius 2 is 1.16 bits per heavy atom. The molecule has 0 fully saturated rings. The van der Waals surface area contributed by atoms with E-state index < -0.39 is 11.9 Å². The Morgan fingerprint density at radius 1 is 0.720 bits per heavy atom. The summed E-state index contributed by atoms with van der Waals surface area (Å²) in [4.78, 5) is 21.3. The molecule has 25 heavy (non-hydrogen) atoms. The molecule has 4 nitrogen and oxygen atoms in total. The number of allylic oxidation sites excluding steroid dienone is 1. The lowest BCUT2D eigenvalue weighted by Gasteiger charge is -2.02. The van der Waals surface area contributed by atoms with Crippen LogP contribution in [0.4, 0.5) is 0 Å². The maximum Gasteiger partial charge on any atom is 0.335 e. The van der Waals surface area contributed by atoms with E-state index in [9.17, 15) is 9.59 Å². The van der Waals surface area contributed by atoms with Crippen LogP contribution in [0.25, 0.3) is 0 Å². The van der Waals surface area contributed by atoms with Gasteiger partial charge < -0.3 is 10.2 Å². The van der Waals surface area contributed by atoms with Gasteiger partial charge in [0.1, 0.15) is 0 Å². The number of aliphatic carboxylic acids is 2. The number of hydrogen-bond acceptors (Lipinski definition) is 2. The van der Waals surface area contributed by atoms with Crippen molar-refractivity contribution in [1.82, 2.24) is 0 Å². The SMILES string of the molecule is CCCCCCCCCCCCCCCC=C/C(=C/C(=O)O)C(=O)O. The van der Waals surface area contributed by atoms with E-state index in [-0.39, 0.29) is 5.57 Å². The number of carboxylic acids is 2. The first-order valence-electron chi connectivity index (χ1n) is 9.92. The van der Waals surface area contributed by atoms with Crippen LogP contribution < -0.4 is 0 Å². The van der Waals surface area contributed by atoms with Gasteiger partial charge in [0.25, 0.3) is 0 Å². The molecular weight excluding hydrogens is 316 g/mol. The van der Waals surface area contributed by atoms with Gasteiger partial charge in [-0.15, -0.1) is 0 Å². The summed E-state index contributed by atoms with van der Waals surface area (Å²) in [5, 5.41) is 17.4. The normalized spacial score (nSPS) is 12.0. The summed E-state index contributed by atoms with van der Waals surface area (Å²) in [5.41, 5.74) is -0.179. The van der Waals surface area contributed by atoms with Crippen LogP contribution in [0.15, 0.2) is 23.8 Å². The number of unbranched alkanes of at least 4 members (excludes halogenated alkanes) is 13. The molecule has 0 rings (SSSR count). The second-order valence-corrected chi connectivity index (χ2v) is 6.68. The molecule has 0 saturated heterocycles. The average molecular weight is 353 g/mol. The third-order valence-electron chi connectivity index (χ3n) is 4.30. The fourth-order valence-electron chi connectivity index (χ4n) is 2.80. The highest BCUT2D eigenvalue weighted by atomic mass is 16.4. The van der Waals surface area contributed by atoms with Crippen molar-refractivity contribution >= 4 is 11.9 Å². The zero-order chi connectivity index (χ0) is 18.8. The average Bonchev–Trinajstić information content (AvgIpc) is 2.56. The predicted molar refractivity (Wildman–Crippen MR) is 103 cm³/mol. The Bertz CT molecular complexity index is 410. The van der Waals surface area contributed by atoms with E-state index in [0.29, 0.717) is 0 Å². The Kier molecular flexibility index (Phi) is 16.2. The molecule has 0 aliphatic carbocycles. The number of rotatable bonds is 17. The molecular formula is C21H36O4. The number of carboxylic acid groups (broad SMARTS) is 2. The van der Waals surface area contributed by atoms with Crippen molar-refractivity contribution in [3.05, 3.63) is 23.8 Å². The molecule has 0 unspecified atom stereocenters. The highest BCUT2D eigenvalue weighted by Crippen LogP contribution is 2.13. The molecule has 0 bridgehead atoms. The first-order chi connectivity index (χ1) is 12.1. The standard InChI is InChI=1S/C21H36O4/c1-2-3-4-5-6-7-8-9-10-11-12-13-14-15-16-17-19(21(24)25)18-20(22)23/h16-18H,2-15H2,1H3,(H,22,23)(H,24,25)/b17-16?,19-18-. The summed E-state index contributed by atoms with van der Waals surface area (Å²) >= 11 is 0. The van der Waals surface area contributed by atoms with Crippen molar-refractivity contribution in [2.75, 3.05) is 0 Å². The van der Waals surface area contributed by atoms with E-state index in [2.05, 4.69) is 6.92 Å². The molecule has 2 N–H and O–H groups in total. The molecule has 0 radical (unpaired) electrons. The lowest BCUT2D eigenvalue weighted by atomic mass is 10.0. The fraction of sp³-hybridized carbons (Fsp3) is 0.714. The Morgan fingerprint density at radius 3 is 1.56 bits per heavy atom. The van der Waals surface area contributed by atoms with Crippen LogP contribution >= 0.6 is 0 Å². The van der Waals surface area contributed by atoms with Crippen LogP contribution in [0.1, 0.15) is 96.8 Å². The molecule has 0 atom stereocenters. The Hall–Kier alpha value is -1.58. The monoisotopic (exact) mass is 352 g/mol. The first kappa shape index (κ1) is 23.4. The number of hydrogen-bond donors (Lipinski definition) is 2. The first-order valence-corrected chi connectivity index (χ1v) is 9.92. The van der Waals surface area contributed by atoms with E-state index in [1.54, 1.807) is 6.08 Å². The Balaban J connectivity index is 3.45. The van der Waals surface area contributed by atoms with Crippen LogP contribution in [0.5, 0.6) is 0 Å². The van der Waals surface area contributed by atoms with Gasteiger partial charge in [-0.2, -0.15) is 0 Å². The minimum Gasteiger partial charge on any atom is -0.478 e. The molecule has 0 aliphatic rings. The molecule has 0 saturated carbocycles. The zero-order valence-corrected chi connectivity index (χ0v) is 15.8. The van der Waals surface area contributed by atoms with Crippen molar-refractivity contribution < 1.29 is 19.8 Å². The molecule has 4 heteroatoms. The minimum absolute atomic E-state index is 0.179. The summed E-state index contributed by atoms with van der Waals surface area (Å²) in [5.74, 6) is -2.44. The maximum absolute atomic E-state index is 10.8.